The van der Waals surface area contributed by atoms with Gasteiger partial charge >= 0.3 is 0 Å². The van der Waals surface area contributed by atoms with Gasteiger partial charge in [-0.1, -0.05) is 30.5 Å². The smallest absolute Gasteiger partial charge is 0.246 e. The topological polar surface area (TPSA) is 173 Å². The van der Waals surface area contributed by atoms with E-state index in [1.54, 1.807) is 0 Å². The van der Waals surface area contributed by atoms with Crippen LogP contribution >= 0.6 is 43.4 Å². The molecule has 42 heavy (non-hydrogen) atoms. The number of hydrogen-bond donors (Lipinski definition) is 7. The fraction of sp³-hybridized carbons (Fsp3) is 0.750. The molecule has 2 aliphatic rings. The molecule has 242 valence electrons. The summed E-state index contributed by atoms with van der Waals surface area (Å²) in [7, 11) is -0.586. The first-order valence-electron chi connectivity index (χ1n) is 14.8. The zero-order valence-electron chi connectivity index (χ0n) is 25.3. The van der Waals surface area contributed by atoms with Gasteiger partial charge in [0, 0.05) is 40.9 Å². The van der Waals surface area contributed by atoms with Crippen LogP contribution in [-0.2, 0) is 9.59 Å². The summed E-state index contributed by atoms with van der Waals surface area (Å²) in [4.78, 5) is 23.5. The Hall–Kier alpha value is -1.19. The first kappa shape index (κ1) is 37.0. The number of hydrogen-bond acceptors (Lipinski definition) is 7. The molecule has 0 aromatic carbocycles. The molecule has 2 rings (SSSR count). The van der Waals surface area contributed by atoms with E-state index in [1.165, 1.54) is 12.8 Å². The highest BCUT2D eigenvalue weighted by Crippen LogP contribution is 2.43. The Bertz CT molecular complexity index is 995. The van der Waals surface area contributed by atoms with Gasteiger partial charge in [-0.15, -0.1) is 10.7 Å². The van der Waals surface area contributed by atoms with Crippen molar-refractivity contribution in [1.29, 1.82) is 10.8 Å². The lowest BCUT2D eigenvalue weighted by Gasteiger charge is -2.45. The maximum absolute atomic E-state index is 12.3. The maximum atomic E-state index is 12.3. The number of nitrogens with one attached hydrogen (secondary N) is 5. The molecular weight excluding hydrogens is 609 g/mol. The third-order valence-electron chi connectivity index (χ3n) is 7.73. The molecule has 0 aromatic heterocycles. The highest BCUT2D eigenvalue weighted by molar-refractivity contribution is 8.15. The summed E-state index contributed by atoms with van der Waals surface area (Å²) in [6.45, 7) is 0.708. The van der Waals surface area contributed by atoms with E-state index in [2.05, 4.69) is 33.6 Å². The standard InChI is InChI=1S/C28H54N8O2S4/c1-40(2)36(28(38)18-30)21-11-13-23(21)41(3)19-34-25(31)9-7-5-6-8-10-26(32)35-20-42(4)24-14-12-22(24)39-16-15-33-27(37)17-29/h21-24H,1,3-20,29-30H2,2H3,(H2,31,34)(H2,32,35)(H,33,37). The van der Waals surface area contributed by atoms with E-state index < -0.39 is 10.7 Å². The Labute approximate surface area is 265 Å². The number of carbonyl (C=O) groups is 2. The zero-order valence-corrected chi connectivity index (χ0v) is 28.6. The molecule has 7 atom stereocenters. The fourth-order valence-electron chi connectivity index (χ4n) is 4.98. The van der Waals surface area contributed by atoms with Crippen LogP contribution in [0.25, 0.3) is 0 Å². The number of thioether (sulfide) groups is 1. The molecule has 2 fully saturated rings. The third-order valence-corrected chi connectivity index (χ3v) is 14.3. The Balaban J connectivity index is 1.50. The third kappa shape index (κ3) is 12.4. The van der Waals surface area contributed by atoms with Crippen molar-refractivity contribution in [3.63, 3.8) is 0 Å². The van der Waals surface area contributed by atoms with E-state index in [1.807, 2.05) is 22.3 Å². The first-order chi connectivity index (χ1) is 20.1. The normalized spacial score (nSPS) is 23.4. The monoisotopic (exact) mass is 662 g/mol. The number of amidine groups is 2. The minimum absolute atomic E-state index is 0.0139. The molecule has 2 aliphatic carbocycles. The van der Waals surface area contributed by atoms with Crippen LogP contribution in [0.3, 0.4) is 0 Å². The summed E-state index contributed by atoms with van der Waals surface area (Å²) in [6.07, 6.45) is 11.9. The van der Waals surface area contributed by atoms with E-state index in [-0.39, 0.29) is 51.9 Å². The number of nitrogens with two attached hydrogens (primary N) is 2. The second-order valence-electron chi connectivity index (χ2n) is 10.9. The van der Waals surface area contributed by atoms with Gasteiger partial charge in [-0.2, -0.15) is 32.7 Å². The summed E-state index contributed by atoms with van der Waals surface area (Å²) in [5, 5.41) is 27.5. The molecule has 0 heterocycles. The van der Waals surface area contributed by atoms with Crippen molar-refractivity contribution in [2.75, 3.05) is 43.4 Å². The molecule has 7 unspecified atom stereocenters. The second-order valence-corrected chi connectivity index (χ2v) is 17.8. The Kier molecular flexibility index (Phi) is 17.6. The first-order valence-corrected chi connectivity index (χ1v) is 20.8. The molecule has 0 spiro atoms. The Morgan fingerprint density at radius 2 is 1.43 bits per heavy atom. The molecular formula is C28H54N8O2S4. The van der Waals surface area contributed by atoms with Crippen molar-refractivity contribution in [3.8, 4) is 0 Å². The maximum Gasteiger partial charge on any atom is 0.246 e. The molecule has 2 amide bonds. The number of nitrogens with zero attached hydrogens (tertiary/aromatic N) is 1. The molecule has 0 aliphatic heterocycles. The largest absolute Gasteiger partial charge is 0.365 e. The van der Waals surface area contributed by atoms with E-state index in [0.717, 1.165) is 63.0 Å². The summed E-state index contributed by atoms with van der Waals surface area (Å²) >= 11 is 1.91. The van der Waals surface area contributed by atoms with Crippen molar-refractivity contribution < 1.29 is 9.59 Å². The van der Waals surface area contributed by atoms with Crippen LogP contribution in [0.1, 0.15) is 64.2 Å². The molecule has 0 aromatic rings. The van der Waals surface area contributed by atoms with Crippen LogP contribution in [0.2, 0.25) is 0 Å². The lowest BCUT2D eigenvalue weighted by Crippen LogP contribution is -2.51. The highest BCUT2D eigenvalue weighted by Gasteiger charge is 2.39. The summed E-state index contributed by atoms with van der Waals surface area (Å²) in [5.74, 6) is 16.1. The number of amides is 2. The van der Waals surface area contributed by atoms with Gasteiger partial charge in [-0.25, -0.2) is 0 Å². The van der Waals surface area contributed by atoms with Gasteiger partial charge in [0.05, 0.1) is 42.6 Å². The van der Waals surface area contributed by atoms with Crippen LogP contribution in [0.15, 0.2) is 0 Å². The van der Waals surface area contributed by atoms with Crippen molar-refractivity contribution in [1.82, 2.24) is 20.3 Å². The van der Waals surface area contributed by atoms with Gasteiger partial charge in [0.25, 0.3) is 0 Å². The van der Waals surface area contributed by atoms with Crippen molar-refractivity contribution in [2.24, 2.45) is 11.5 Å². The average molecular weight is 663 g/mol. The van der Waals surface area contributed by atoms with Crippen LogP contribution < -0.4 is 27.4 Å². The molecule has 9 N–H and O–H groups in total. The van der Waals surface area contributed by atoms with E-state index in [4.69, 9.17) is 22.3 Å². The van der Waals surface area contributed by atoms with Gasteiger partial charge < -0.3 is 27.4 Å². The Morgan fingerprint density at radius 3 is 1.88 bits per heavy atom. The molecule has 2 saturated carbocycles. The second kappa shape index (κ2) is 20.0. The van der Waals surface area contributed by atoms with E-state index >= 15 is 0 Å². The van der Waals surface area contributed by atoms with Gasteiger partial charge in [0.1, 0.15) is 0 Å². The van der Waals surface area contributed by atoms with Gasteiger partial charge in [0.15, 0.2) is 0 Å². The molecule has 14 heteroatoms. The number of carbonyl (C=O) groups excluding carboxylic acids is 2. The quantitative estimate of drug-likeness (QED) is 0.0428. The minimum Gasteiger partial charge on any atom is -0.365 e. The van der Waals surface area contributed by atoms with Crippen LogP contribution in [0.5, 0.6) is 0 Å². The fourth-order valence-corrected chi connectivity index (χ4v) is 11.4. The van der Waals surface area contributed by atoms with Gasteiger partial charge in [0.2, 0.25) is 11.8 Å². The molecule has 0 saturated heterocycles. The van der Waals surface area contributed by atoms with E-state index in [9.17, 15) is 9.59 Å². The minimum atomic E-state index is -0.396. The van der Waals surface area contributed by atoms with Crippen LogP contribution in [-0.4, -0.2) is 111 Å². The van der Waals surface area contributed by atoms with Gasteiger partial charge in [-0.3, -0.25) is 24.7 Å². The lowest BCUT2D eigenvalue weighted by molar-refractivity contribution is -0.127. The predicted molar refractivity (Wildman–Crippen MR) is 193 cm³/mol. The molecule has 0 bridgehead atoms. The van der Waals surface area contributed by atoms with Crippen molar-refractivity contribution in [2.45, 2.75) is 86.0 Å². The molecule has 10 nitrogen and oxygen atoms in total. The Morgan fingerprint density at radius 1 is 0.857 bits per heavy atom. The van der Waals surface area contributed by atoms with Crippen LogP contribution in [0.4, 0.5) is 0 Å². The van der Waals surface area contributed by atoms with Crippen LogP contribution in [0, 0.1) is 10.8 Å². The van der Waals surface area contributed by atoms with Crippen molar-refractivity contribution >= 4 is 84.5 Å². The summed E-state index contributed by atoms with van der Waals surface area (Å²) in [5.41, 5.74) is 10.9. The van der Waals surface area contributed by atoms with Gasteiger partial charge in [-0.05, 0) is 44.8 Å². The van der Waals surface area contributed by atoms with Crippen molar-refractivity contribution in [3.05, 3.63) is 0 Å². The average Bonchev–Trinajstić information content (AvgIpc) is 2.93. The predicted octanol–water partition coefficient (Wildman–Crippen LogP) is 2.68. The lowest BCUT2D eigenvalue weighted by atomic mass is 9.92. The number of rotatable bonds is 21. The number of unbranched alkanes of at least 4 members (excludes halogenated alkanes) is 3. The highest BCUT2D eigenvalue weighted by atomic mass is 32.2. The summed E-state index contributed by atoms with van der Waals surface area (Å²) in [6, 6.07) is 0.166. The molecule has 0 radical (unpaired) electrons. The zero-order chi connectivity index (χ0) is 31.1. The summed E-state index contributed by atoms with van der Waals surface area (Å²) < 4.78 is 1.86. The van der Waals surface area contributed by atoms with E-state index in [0.29, 0.717) is 39.8 Å². The SMILES string of the molecule is C=S(CNC(=N)CCCCCCC(=N)NCS(=C)C1CCC1N(C(=O)CN)S(=C)C)C1CCC1SCCNC(=O)CN.